The van der Waals surface area contributed by atoms with Crippen molar-refractivity contribution in [1.82, 2.24) is 14.5 Å². The van der Waals surface area contributed by atoms with Gasteiger partial charge in [-0.1, -0.05) is 48.5 Å². The first-order valence-electron chi connectivity index (χ1n) is 15.5. The van der Waals surface area contributed by atoms with E-state index in [4.69, 9.17) is 4.98 Å². The van der Waals surface area contributed by atoms with Crippen molar-refractivity contribution < 1.29 is 0 Å². The molecule has 2 aliphatic rings. The Labute approximate surface area is 267 Å². The Kier molecular flexibility index (Phi) is 5.71. The fourth-order valence-electron chi connectivity index (χ4n) is 7.09. The highest BCUT2D eigenvalue weighted by atomic mass is 15.3. The second-order valence-corrected chi connectivity index (χ2v) is 11.8. The van der Waals surface area contributed by atoms with Crippen molar-refractivity contribution >= 4 is 68.0 Å². The van der Waals surface area contributed by atoms with Gasteiger partial charge in [0.1, 0.15) is 11.3 Å². The van der Waals surface area contributed by atoms with Gasteiger partial charge in [-0.2, -0.15) is 0 Å². The minimum atomic E-state index is 0.857. The molecule has 0 aliphatic carbocycles. The van der Waals surface area contributed by atoms with E-state index >= 15 is 0 Å². The van der Waals surface area contributed by atoms with E-state index in [0.29, 0.717) is 0 Å². The summed E-state index contributed by atoms with van der Waals surface area (Å²) in [5, 5.41) is 0. The molecule has 0 unspecified atom stereocenters. The van der Waals surface area contributed by atoms with Crippen molar-refractivity contribution in [2.75, 3.05) is 33.7 Å². The van der Waals surface area contributed by atoms with Gasteiger partial charge in [-0.15, -0.1) is 0 Å². The molecule has 0 fully saturated rings. The van der Waals surface area contributed by atoms with Crippen LogP contribution in [0.4, 0.5) is 56.9 Å². The smallest absolute Gasteiger partial charge is 0.159 e. The number of nitrogens with zero attached hydrogens (tertiary/aromatic N) is 7. The summed E-state index contributed by atoms with van der Waals surface area (Å²) in [5.74, 6) is 0.864. The zero-order valence-electron chi connectivity index (χ0n) is 25.8. The fourth-order valence-corrected chi connectivity index (χ4v) is 7.09. The third-order valence-electron chi connectivity index (χ3n) is 9.24. The van der Waals surface area contributed by atoms with Crippen LogP contribution in [0.15, 0.2) is 134 Å². The number of rotatable bonds is 3. The predicted octanol–water partition coefficient (Wildman–Crippen LogP) is 9.74. The zero-order chi connectivity index (χ0) is 30.9. The Morgan fingerprint density at radius 1 is 0.457 bits per heavy atom. The van der Waals surface area contributed by atoms with Gasteiger partial charge in [0.25, 0.3) is 0 Å². The summed E-state index contributed by atoms with van der Waals surface area (Å²) in [5.41, 5.74) is 13.9. The highest BCUT2D eigenvalue weighted by Gasteiger charge is 2.31. The maximum Gasteiger partial charge on any atom is 0.159 e. The van der Waals surface area contributed by atoms with Crippen LogP contribution < -0.4 is 19.6 Å². The number of pyridine rings is 1. The van der Waals surface area contributed by atoms with Crippen molar-refractivity contribution in [2.45, 2.75) is 0 Å². The Balaban J connectivity index is 1.35. The molecule has 2 aromatic heterocycles. The molecule has 4 heterocycles. The third-order valence-corrected chi connectivity index (χ3v) is 9.24. The van der Waals surface area contributed by atoms with Crippen LogP contribution in [0.5, 0.6) is 0 Å². The lowest BCUT2D eigenvalue weighted by Gasteiger charge is -2.40. The lowest BCUT2D eigenvalue weighted by atomic mass is 10.0. The Morgan fingerprint density at radius 3 is 1.28 bits per heavy atom. The number of aryl methyl sites for hydroxylation is 1. The third kappa shape index (κ3) is 3.78. The molecule has 0 amide bonds. The number of fused-ring (bicyclic) bond motifs is 5. The Morgan fingerprint density at radius 2 is 0.870 bits per heavy atom. The van der Waals surface area contributed by atoms with Crippen LogP contribution in [-0.2, 0) is 7.05 Å². The van der Waals surface area contributed by atoms with Crippen LogP contribution in [0.3, 0.4) is 0 Å². The van der Waals surface area contributed by atoms with Gasteiger partial charge < -0.3 is 24.2 Å². The number of aromatic nitrogens is 3. The minimum Gasteiger partial charge on any atom is -0.341 e. The van der Waals surface area contributed by atoms with Gasteiger partial charge in [-0.3, -0.25) is 0 Å². The lowest BCUT2D eigenvalue weighted by molar-refractivity contribution is 0.942. The number of benzene rings is 5. The van der Waals surface area contributed by atoms with Crippen molar-refractivity contribution in [3.8, 4) is 11.4 Å². The normalized spacial score (nSPS) is 13.4. The molecule has 222 valence electrons. The van der Waals surface area contributed by atoms with Crippen LogP contribution in [-0.4, -0.2) is 28.6 Å². The van der Waals surface area contributed by atoms with Crippen molar-refractivity contribution in [3.05, 3.63) is 134 Å². The first-order valence-corrected chi connectivity index (χ1v) is 15.5. The Hall–Kier alpha value is -6.08. The molecule has 2 aliphatic heterocycles. The van der Waals surface area contributed by atoms with Crippen LogP contribution >= 0.6 is 0 Å². The standard InChI is InChI=1S/C39H31N7/c1-42-30-14-4-8-18-34(30)45(35-19-9-5-15-31(35)42)27-23-26(38-41-29-13-12-22-40-39(29)44(38)3)24-28(25-27)46-36-20-10-6-16-32(36)43(2)33-17-7-11-21-37(33)46/h4-25H,1-3H3. The maximum absolute atomic E-state index is 5.10. The average Bonchev–Trinajstić information content (AvgIpc) is 3.45. The van der Waals surface area contributed by atoms with Gasteiger partial charge in [0, 0.05) is 44.3 Å². The summed E-state index contributed by atoms with van der Waals surface area (Å²) in [6.07, 6.45) is 1.83. The summed E-state index contributed by atoms with van der Waals surface area (Å²) in [6.45, 7) is 0. The Bertz CT molecular complexity index is 2090. The molecule has 5 aromatic carbocycles. The van der Waals surface area contributed by atoms with Crippen molar-refractivity contribution in [3.63, 3.8) is 0 Å². The molecular weight excluding hydrogens is 566 g/mol. The van der Waals surface area contributed by atoms with E-state index in [2.05, 4.69) is 159 Å². The molecule has 7 aromatic rings. The summed E-state index contributed by atoms with van der Waals surface area (Å²) in [6, 6.07) is 45.2. The molecule has 0 saturated heterocycles. The number of imidazole rings is 1. The second kappa shape index (κ2) is 9.97. The number of anilines is 10. The van der Waals surface area contributed by atoms with Crippen LogP contribution in [0, 0.1) is 0 Å². The zero-order valence-corrected chi connectivity index (χ0v) is 25.8. The predicted molar refractivity (Wildman–Crippen MR) is 189 cm³/mol. The van der Waals surface area contributed by atoms with Crippen LogP contribution in [0.25, 0.3) is 22.6 Å². The minimum absolute atomic E-state index is 0.857. The molecule has 7 nitrogen and oxygen atoms in total. The van der Waals surface area contributed by atoms with E-state index in [1.807, 2.05) is 25.4 Å². The molecule has 0 radical (unpaired) electrons. The summed E-state index contributed by atoms with van der Waals surface area (Å²) in [4.78, 5) is 19.1. The molecule has 0 N–H and O–H groups in total. The number of hydrogen-bond acceptors (Lipinski definition) is 6. The first-order chi connectivity index (χ1) is 22.6. The van der Waals surface area contributed by atoms with E-state index < -0.39 is 0 Å². The topological polar surface area (TPSA) is 43.7 Å². The van der Waals surface area contributed by atoms with E-state index in [0.717, 1.165) is 79.4 Å². The summed E-state index contributed by atoms with van der Waals surface area (Å²) < 4.78 is 2.09. The van der Waals surface area contributed by atoms with Gasteiger partial charge in [0.15, 0.2) is 5.65 Å². The highest BCUT2D eigenvalue weighted by molar-refractivity contribution is 6.01. The molecule has 0 atom stereocenters. The molecular formula is C39H31N7. The molecule has 46 heavy (non-hydrogen) atoms. The number of para-hydroxylation sites is 8. The van der Waals surface area contributed by atoms with Gasteiger partial charge in [-0.25, -0.2) is 9.97 Å². The molecule has 7 heteroatoms. The largest absolute Gasteiger partial charge is 0.341 e. The molecule has 9 rings (SSSR count). The summed E-state index contributed by atoms with van der Waals surface area (Å²) in [7, 11) is 6.33. The van der Waals surface area contributed by atoms with E-state index in [9.17, 15) is 0 Å². The SMILES string of the molecule is CN1c2ccccc2N(c2cc(-c3nc4cccnc4n3C)cc(N3c4ccccc4N(C)c4ccccc43)c2)c2ccccc21. The van der Waals surface area contributed by atoms with Gasteiger partial charge in [-0.05, 0) is 78.9 Å². The molecule has 0 bridgehead atoms. The molecule has 0 spiro atoms. The van der Waals surface area contributed by atoms with Gasteiger partial charge in [0.2, 0.25) is 0 Å². The monoisotopic (exact) mass is 597 g/mol. The number of hydrogen-bond donors (Lipinski definition) is 0. The lowest BCUT2D eigenvalue weighted by Crippen LogP contribution is -2.25. The average molecular weight is 598 g/mol. The first kappa shape index (κ1) is 26.3. The second-order valence-electron chi connectivity index (χ2n) is 11.8. The van der Waals surface area contributed by atoms with Gasteiger partial charge in [0.05, 0.1) is 45.5 Å². The van der Waals surface area contributed by atoms with E-state index in [1.54, 1.807) is 0 Å². The molecule has 0 saturated carbocycles. The quantitative estimate of drug-likeness (QED) is 0.202. The maximum atomic E-state index is 5.10. The van der Waals surface area contributed by atoms with Gasteiger partial charge >= 0.3 is 0 Å². The fraction of sp³-hybridized carbons (Fsp3) is 0.0769. The van der Waals surface area contributed by atoms with Crippen LogP contribution in [0.2, 0.25) is 0 Å². The van der Waals surface area contributed by atoms with E-state index in [1.165, 1.54) is 0 Å². The van der Waals surface area contributed by atoms with Crippen molar-refractivity contribution in [1.29, 1.82) is 0 Å². The van der Waals surface area contributed by atoms with Crippen LogP contribution in [0.1, 0.15) is 0 Å². The van der Waals surface area contributed by atoms with E-state index in [-0.39, 0.29) is 0 Å². The highest BCUT2D eigenvalue weighted by Crippen LogP contribution is 2.54. The summed E-state index contributed by atoms with van der Waals surface area (Å²) >= 11 is 0. The van der Waals surface area contributed by atoms with Crippen molar-refractivity contribution in [2.24, 2.45) is 7.05 Å².